The lowest BCUT2D eigenvalue weighted by Crippen LogP contribution is -2.62. The molecule has 1 saturated carbocycles. The van der Waals surface area contributed by atoms with Crippen molar-refractivity contribution in [3.63, 3.8) is 0 Å². The highest BCUT2D eigenvalue weighted by atomic mass is 16.5. The zero-order chi connectivity index (χ0) is 14.8. The van der Waals surface area contributed by atoms with Gasteiger partial charge in [0.05, 0.1) is 6.61 Å². The topological polar surface area (TPSA) is 32.7 Å². The van der Waals surface area contributed by atoms with Crippen molar-refractivity contribution in [2.75, 3.05) is 6.61 Å². The Labute approximate surface area is 123 Å². The summed E-state index contributed by atoms with van der Waals surface area (Å²) in [6.45, 7) is 12.0. The van der Waals surface area contributed by atoms with Crippen molar-refractivity contribution in [1.29, 1.82) is 0 Å². The van der Waals surface area contributed by atoms with Crippen molar-refractivity contribution in [2.24, 2.45) is 10.8 Å². The van der Waals surface area contributed by atoms with Crippen LogP contribution in [-0.2, 0) is 4.74 Å². The molecule has 2 saturated heterocycles. The third-order valence-electron chi connectivity index (χ3n) is 6.39. The van der Waals surface area contributed by atoms with E-state index in [4.69, 9.17) is 4.74 Å². The van der Waals surface area contributed by atoms with Crippen molar-refractivity contribution in [2.45, 2.75) is 90.6 Å². The smallest absolute Gasteiger partial charge is 0.126 e. The zero-order valence-corrected chi connectivity index (χ0v) is 13.8. The standard InChI is InChI=1S/C17H31NO2/c1-6-16-9-7-8-10-17(16,19)18-13(14(2,3)4)11-20-15(18,5)12-16/h13,19H,6-12H2,1-5H3/t13-,15-,16-,17?/m1/s1. The highest BCUT2D eigenvalue weighted by Crippen LogP contribution is 2.64. The third kappa shape index (κ3) is 1.69. The van der Waals surface area contributed by atoms with Crippen molar-refractivity contribution in [3.8, 4) is 0 Å². The predicted octanol–water partition coefficient (Wildman–Crippen LogP) is 3.51. The van der Waals surface area contributed by atoms with E-state index in [1.807, 2.05) is 0 Å². The summed E-state index contributed by atoms with van der Waals surface area (Å²) in [5.74, 6) is 0. The molecule has 0 bridgehead atoms. The average molecular weight is 281 g/mol. The summed E-state index contributed by atoms with van der Waals surface area (Å²) in [5.41, 5.74) is -0.769. The molecule has 1 N–H and O–H groups in total. The van der Waals surface area contributed by atoms with Gasteiger partial charge in [-0.3, -0.25) is 0 Å². The molecule has 4 atom stereocenters. The van der Waals surface area contributed by atoms with E-state index in [0.717, 1.165) is 38.7 Å². The van der Waals surface area contributed by atoms with Crippen LogP contribution in [0.25, 0.3) is 0 Å². The summed E-state index contributed by atoms with van der Waals surface area (Å²) < 4.78 is 6.25. The van der Waals surface area contributed by atoms with Crippen LogP contribution in [0.15, 0.2) is 0 Å². The molecule has 0 aromatic rings. The Hall–Kier alpha value is -0.120. The lowest BCUT2D eigenvalue weighted by Gasteiger charge is -2.52. The molecular formula is C17H31NO2. The Morgan fingerprint density at radius 2 is 1.90 bits per heavy atom. The molecule has 0 aromatic heterocycles. The van der Waals surface area contributed by atoms with E-state index in [-0.39, 0.29) is 16.6 Å². The van der Waals surface area contributed by atoms with E-state index in [0.29, 0.717) is 6.04 Å². The molecule has 3 fully saturated rings. The van der Waals surface area contributed by atoms with Crippen molar-refractivity contribution < 1.29 is 9.84 Å². The van der Waals surface area contributed by atoms with E-state index in [2.05, 4.69) is 39.5 Å². The summed E-state index contributed by atoms with van der Waals surface area (Å²) in [4.78, 5) is 2.38. The van der Waals surface area contributed by atoms with Crippen LogP contribution in [0.1, 0.15) is 73.1 Å². The van der Waals surface area contributed by atoms with Gasteiger partial charge in [-0.25, -0.2) is 4.90 Å². The fourth-order valence-corrected chi connectivity index (χ4v) is 5.27. The van der Waals surface area contributed by atoms with Crippen LogP contribution >= 0.6 is 0 Å². The average Bonchev–Trinajstić information content (AvgIpc) is 2.78. The van der Waals surface area contributed by atoms with Crippen molar-refractivity contribution in [3.05, 3.63) is 0 Å². The van der Waals surface area contributed by atoms with E-state index < -0.39 is 5.72 Å². The molecule has 0 aromatic carbocycles. The van der Waals surface area contributed by atoms with Gasteiger partial charge in [0.25, 0.3) is 0 Å². The van der Waals surface area contributed by atoms with Gasteiger partial charge in [0.1, 0.15) is 11.4 Å². The first kappa shape index (κ1) is 14.8. The fourth-order valence-electron chi connectivity index (χ4n) is 5.27. The molecule has 1 aliphatic carbocycles. The largest absolute Gasteiger partial charge is 0.375 e. The van der Waals surface area contributed by atoms with Gasteiger partial charge in [-0.05, 0) is 44.4 Å². The minimum atomic E-state index is -0.663. The minimum Gasteiger partial charge on any atom is -0.375 e. The van der Waals surface area contributed by atoms with Crippen LogP contribution in [0.5, 0.6) is 0 Å². The van der Waals surface area contributed by atoms with E-state index in [9.17, 15) is 5.11 Å². The Balaban J connectivity index is 2.07. The second kappa shape index (κ2) is 4.21. The number of nitrogens with zero attached hydrogens (tertiary/aromatic N) is 1. The van der Waals surface area contributed by atoms with Crippen LogP contribution in [0, 0.1) is 10.8 Å². The molecule has 2 aliphatic heterocycles. The summed E-state index contributed by atoms with van der Waals surface area (Å²) in [7, 11) is 0. The summed E-state index contributed by atoms with van der Waals surface area (Å²) in [6, 6.07) is 0.309. The zero-order valence-electron chi connectivity index (χ0n) is 13.8. The number of hydrogen-bond acceptors (Lipinski definition) is 3. The lowest BCUT2D eigenvalue weighted by molar-refractivity contribution is -0.211. The van der Waals surface area contributed by atoms with Crippen molar-refractivity contribution in [1.82, 2.24) is 4.90 Å². The Bertz CT molecular complexity index is 404. The molecule has 116 valence electrons. The summed E-state index contributed by atoms with van der Waals surface area (Å²) >= 11 is 0. The predicted molar refractivity (Wildman–Crippen MR) is 80.2 cm³/mol. The lowest BCUT2D eigenvalue weighted by atomic mass is 9.65. The van der Waals surface area contributed by atoms with Gasteiger partial charge in [0.15, 0.2) is 0 Å². The van der Waals surface area contributed by atoms with Crippen molar-refractivity contribution >= 4 is 0 Å². The molecule has 0 spiro atoms. The number of fused-ring (bicyclic) bond motifs is 3. The highest BCUT2D eigenvalue weighted by Gasteiger charge is 2.71. The molecule has 0 amide bonds. The maximum atomic E-state index is 11.7. The van der Waals surface area contributed by atoms with Gasteiger partial charge in [-0.1, -0.05) is 34.1 Å². The maximum Gasteiger partial charge on any atom is 0.126 e. The molecule has 3 aliphatic rings. The molecule has 2 heterocycles. The first-order valence-corrected chi connectivity index (χ1v) is 8.34. The van der Waals surface area contributed by atoms with Gasteiger partial charge in [0.2, 0.25) is 0 Å². The summed E-state index contributed by atoms with van der Waals surface area (Å²) in [5, 5.41) is 11.7. The SMILES string of the molecule is CC[C@]12CCCCC1(O)N1[C@@H](C(C)(C)C)CO[C@]1(C)C2. The van der Waals surface area contributed by atoms with Gasteiger partial charge < -0.3 is 9.84 Å². The quantitative estimate of drug-likeness (QED) is 0.798. The first-order valence-electron chi connectivity index (χ1n) is 8.34. The molecule has 3 heteroatoms. The molecule has 0 radical (unpaired) electrons. The first-order chi connectivity index (χ1) is 9.19. The Morgan fingerprint density at radius 1 is 1.25 bits per heavy atom. The maximum absolute atomic E-state index is 11.7. The minimum absolute atomic E-state index is 0.0317. The van der Waals surface area contributed by atoms with Gasteiger partial charge in [-0.15, -0.1) is 0 Å². The van der Waals surface area contributed by atoms with Gasteiger partial charge in [-0.2, -0.15) is 0 Å². The van der Waals surface area contributed by atoms with Crippen LogP contribution in [0.4, 0.5) is 0 Å². The molecule has 3 nitrogen and oxygen atoms in total. The van der Waals surface area contributed by atoms with Gasteiger partial charge >= 0.3 is 0 Å². The van der Waals surface area contributed by atoms with Crippen LogP contribution in [0.3, 0.4) is 0 Å². The molecular weight excluding hydrogens is 250 g/mol. The number of ether oxygens (including phenoxy) is 1. The summed E-state index contributed by atoms with van der Waals surface area (Å²) in [6.07, 6.45) is 6.48. The van der Waals surface area contributed by atoms with Gasteiger partial charge in [0, 0.05) is 11.5 Å². The molecule has 20 heavy (non-hydrogen) atoms. The second-order valence-electron chi connectivity index (χ2n) is 8.57. The normalized spacial score (nSPS) is 49.2. The third-order valence-corrected chi connectivity index (χ3v) is 6.39. The fraction of sp³-hybridized carbons (Fsp3) is 1.00. The molecule has 1 unspecified atom stereocenters. The molecule has 3 rings (SSSR count). The Kier molecular flexibility index (Phi) is 3.11. The highest BCUT2D eigenvalue weighted by molar-refractivity contribution is 5.16. The number of aliphatic hydroxyl groups is 1. The van der Waals surface area contributed by atoms with Crippen LogP contribution in [0.2, 0.25) is 0 Å². The van der Waals surface area contributed by atoms with E-state index in [1.165, 1.54) is 6.42 Å². The van der Waals surface area contributed by atoms with Crippen LogP contribution < -0.4 is 0 Å². The number of rotatable bonds is 1. The number of hydrogen-bond donors (Lipinski definition) is 1. The van der Waals surface area contributed by atoms with E-state index >= 15 is 0 Å². The van der Waals surface area contributed by atoms with E-state index in [1.54, 1.807) is 0 Å². The van der Waals surface area contributed by atoms with Crippen LogP contribution in [-0.4, -0.2) is 34.1 Å². The second-order valence-corrected chi connectivity index (χ2v) is 8.57. The monoisotopic (exact) mass is 281 g/mol. The Morgan fingerprint density at radius 3 is 2.50 bits per heavy atom.